The molecule has 0 fully saturated rings. The van der Waals surface area contributed by atoms with Crippen molar-refractivity contribution in [2.45, 2.75) is 19.8 Å². The Bertz CT molecular complexity index is 606. The molecule has 0 aliphatic carbocycles. The van der Waals surface area contributed by atoms with Gasteiger partial charge in [-0.25, -0.2) is 0 Å². The molecule has 0 bridgehead atoms. The number of rotatable bonds is 6. The van der Waals surface area contributed by atoms with Crippen molar-refractivity contribution in [3.8, 4) is 6.07 Å². The molecule has 1 aromatic rings. The number of nitro benzene ring substituents is 1. The van der Waals surface area contributed by atoms with E-state index in [1.807, 2.05) is 0 Å². The van der Waals surface area contributed by atoms with E-state index in [4.69, 9.17) is 5.26 Å². The second-order valence-corrected chi connectivity index (χ2v) is 3.95. The fourth-order valence-corrected chi connectivity index (χ4v) is 1.51. The van der Waals surface area contributed by atoms with Crippen LogP contribution in [0, 0.1) is 21.4 Å². The topological polar surface area (TPSA) is 122 Å². The molecule has 0 radical (unpaired) electrons. The Kier molecular flexibility index (Phi) is 5.82. The molecule has 0 spiro atoms. The number of benzene rings is 1. The van der Waals surface area contributed by atoms with Crippen LogP contribution in [0.1, 0.15) is 25.3 Å². The molecule has 0 atom stereocenters. The third kappa shape index (κ3) is 4.91. The van der Waals surface area contributed by atoms with Crippen LogP contribution in [0.15, 0.2) is 18.2 Å². The minimum absolute atomic E-state index is 0.0197. The number of hydrogen-bond donors (Lipinski definition) is 1. The lowest BCUT2D eigenvalue weighted by atomic mass is 10.1. The van der Waals surface area contributed by atoms with Crippen LogP contribution in [0.3, 0.4) is 0 Å². The normalized spacial score (nSPS) is 9.52. The lowest BCUT2D eigenvalue weighted by Crippen LogP contribution is -2.15. The number of hydrogen-bond acceptors (Lipinski definition) is 6. The second-order valence-electron chi connectivity index (χ2n) is 3.95. The van der Waals surface area contributed by atoms with Crippen LogP contribution in [0.25, 0.3) is 0 Å². The monoisotopic (exact) mass is 291 g/mol. The third-order valence-electron chi connectivity index (χ3n) is 2.47. The number of anilines is 1. The van der Waals surface area contributed by atoms with Gasteiger partial charge in [-0.15, -0.1) is 0 Å². The summed E-state index contributed by atoms with van der Waals surface area (Å²) in [6.07, 6.45) is -0.171. The molecule has 0 aliphatic heterocycles. The zero-order valence-electron chi connectivity index (χ0n) is 11.3. The van der Waals surface area contributed by atoms with Gasteiger partial charge in [-0.2, -0.15) is 5.26 Å². The van der Waals surface area contributed by atoms with Crippen molar-refractivity contribution >= 4 is 23.3 Å². The Morgan fingerprint density at radius 3 is 2.71 bits per heavy atom. The summed E-state index contributed by atoms with van der Waals surface area (Å²) in [6.45, 7) is 1.90. The summed E-state index contributed by atoms with van der Waals surface area (Å²) in [5.74, 6) is -0.967. The van der Waals surface area contributed by atoms with E-state index in [2.05, 4.69) is 10.1 Å². The van der Waals surface area contributed by atoms with Crippen LogP contribution < -0.4 is 5.32 Å². The van der Waals surface area contributed by atoms with Gasteiger partial charge in [-0.05, 0) is 13.0 Å². The molecular weight excluding hydrogens is 278 g/mol. The highest BCUT2D eigenvalue weighted by molar-refractivity contribution is 5.93. The van der Waals surface area contributed by atoms with E-state index in [-0.39, 0.29) is 36.4 Å². The zero-order valence-corrected chi connectivity index (χ0v) is 11.3. The number of amides is 1. The molecule has 0 unspecified atom stereocenters. The Balaban J connectivity index is 2.70. The van der Waals surface area contributed by atoms with E-state index < -0.39 is 16.8 Å². The fraction of sp³-hybridized carbons (Fsp3) is 0.308. The molecule has 1 aromatic carbocycles. The summed E-state index contributed by atoms with van der Waals surface area (Å²) in [5, 5.41) is 22.0. The summed E-state index contributed by atoms with van der Waals surface area (Å²) in [6, 6.07) is 5.30. The molecule has 0 aromatic heterocycles. The minimum atomic E-state index is -0.632. The second kappa shape index (κ2) is 7.59. The molecule has 0 heterocycles. The number of nitro groups is 1. The molecule has 21 heavy (non-hydrogen) atoms. The van der Waals surface area contributed by atoms with Gasteiger partial charge in [0.05, 0.1) is 29.2 Å². The van der Waals surface area contributed by atoms with Crippen molar-refractivity contribution in [2.24, 2.45) is 0 Å². The molecule has 8 nitrogen and oxygen atoms in total. The number of esters is 1. The van der Waals surface area contributed by atoms with Crippen LogP contribution in [0.5, 0.6) is 0 Å². The van der Waals surface area contributed by atoms with Gasteiger partial charge in [-0.3, -0.25) is 19.7 Å². The number of non-ortho nitro benzene ring substituents is 1. The Morgan fingerprint density at radius 2 is 2.14 bits per heavy atom. The lowest BCUT2D eigenvalue weighted by molar-refractivity contribution is -0.384. The van der Waals surface area contributed by atoms with E-state index in [0.717, 1.165) is 6.07 Å². The standard InChI is InChI=1S/C13H13N3O5/c1-2-21-13(18)6-5-12(17)15-11-4-3-10(16(19)20)7-9(11)8-14/h3-4,7H,2,5-6H2,1H3,(H,15,17). The molecule has 0 aliphatic rings. The number of carbonyl (C=O) groups excluding carboxylic acids is 2. The first kappa shape index (κ1) is 16.1. The smallest absolute Gasteiger partial charge is 0.306 e. The van der Waals surface area contributed by atoms with Gasteiger partial charge in [0.1, 0.15) is 6.07 Å². The number of nitriles is 1. The van der Waals surface area contributed by atoms with Gasteiger partial charge >= 0.3 is 5.97 Å². The predicted molar refractivity (Wildman–Crippen MR) is 72.3 cm³/mol. The fourth-order valence-electron chi connectivity index (χ4n) is 1.51. The number of ether oxygens (including phenoxy) is 1. The molecule has 0 saturated carbocycles. The molecule has 1 N–H and O–H groups in total. The van der Waals surface area contributed by atoms with Gasteiger partial charge in [0, 0.05) is 18.6 Å². The predicted octanol–water partition coefficient (Wildman–Crippen LogP) is 1.75. The summed E-state index contributed by atoms with van der Waals surface area (Å²) in [7, 11) is 0. The molecular formula is C13H13N3O5. The summed E-state index contributed by atoms with van der Waals surface area (Å²) in [4.78, 5) is 32.7. The van der Waals surface area contributed by atoms with Crippen molar-refractivity contribution in [2.75, 3.05) is 11.9 Å². The third-order valence-corrected chi connectivity index (χ3v) is 2.47. The largest absolute Gasteiger partial charge is 0.466 e. The average molecular weight is 291 g/mol. The van der Waals surface area contributed by atoms with Gasteiger partial charge in [-0.1, -0.05) is 0 Å². The maximum absolute atomic E-state index is 11.6. The summed E-state index contributed by atoms with van der Waals surface area (Å²) in [5.41, 5.74) is -0.0956. The Hall–Kier alpha value is -2.95. The SMILES string of the molecule is CCOC(=O)CCC(=O)Nc1ccc([N+](=O)[O-])cc1C#N. The zero-order chi connectivity index (χ0) is 15.8. The van der Waals surface area contributed by atoms with Crippen LogP contribution in [0.4, 0.5) is 11.4 Å². The molecule has 1 rings (SSSR count). The van der Waals surface area contributed by atoms with Crippen LogP contribution in [-0.2, 0) is 14.3 Å². The minimum Gasteiger partial charge on any atom is -0.466 e. The van der Waals surface area contributed by atoms with Crippen LogP contribution >= 0.6 is 0 Å². The van der Waals surface area contributed by atoms with Crippen molar-refractivity contribution < 1.29 is 19.2 Å². The highest BCUT2D eigenvalue weighted by atomic mass is 16.6. The number of nitrogens with zero attached hydrogens (tertiary/aromatic N) is 2. The Labute approximate surface area is 120 Å². The van der Waals surface area contributed by atoms with Gasteiger partial charge in [0.2, 0.25) is 5.91 Å². The van der Waals surface area contributed by atoms with E-state index in [1.54, 1.807) is 13.0 Å². The molecule has 110 valence electrons. The van der Waals surface area contributed by atoms with E-state index in [1.165, 1.54) is 12.1 Å². The van der Waals surface area contributed by atoms with E-state index in [0.29, 0.717) is 0 Å². The number of nitrogens with one attached hydrogen (secondary N) is 1. The van der Waals surface area contributed by atoms with Crippen molar-refractivity contribution in [3.63, 3.8) is 0 Å². The van der Waals surface area contributed by atoms with Crippen molar-refractivity contribution in [1.82, 2.24) is 0 Å². The summed E-state index contributed by atoms with van der Waals surface area (Å²) >= 11 is 0. The van der Waals surface area contributed by atoms with Gasteiger partial charge < -0.3 is 10.1 Å². The Morgan fingerprint density at radius 1 is 1.43 bits per heavy atom. The molecule has 8 heteroatoms. The summed E-state index contributed by atoms with van der Waals surface area (Å²) < 4.78 is 4.68. The van der Waals surface area contributed by atoms with Crippen LogP contribution in [0.2, 0.25) is 0 Å². The van der Waals surface area contributed by atoms with E-state index in [9.17, 15) is 19.7 Å². The van der Waals surface area contributed by atoms with Crippen molar-refractivity contribution in [1.29, 1.82) is 5.26 Å². The van der Waals surface area contributed by atoms with Gasteiger partial charge in [0.25, 0.3) is 5.69 Å². The van der Waals surface area contributed by atoms with Crippen LogP contribution in [-0.4, -0.2) is 23.4 Å². The first-order valence-electron chi connectivity index (χ1n) is 6.12. The first-order valence-corrected chi connectivity index (χ1v) is 6.12. The highest BCUT2D eigenvalue weighted by Gasteiger charge is 2.13. The first-order chi connectivity index (χ1) is 9.97. The molecule has 0 saturated heterocycles. The highest BCUT2D eigenvalue weighted by Crippen LogP contribution is 2.21. The average Bonchev–Trinajstić information content (AvgIpc) is 2.45. The quantitative estimate of drug-likeness (QED) is 0.484. The number of carbonyl (C=O) groups is 2. The maximum atomic E-state index is 11.6. The lowest BCUT2D eigenvalue weighted by Gasteiger charge is -2.06. The van der Waals surface area contributed by atoms with Crippen molar-refractivity contribution in [3.05, 3.63) is 33.9 Å². The molecule has 1 amide bonds. The maximum Gasteiger partial charge on any atom is 0.306 e. The van der Waals surface area contributed by atoms with Gasteiger partial charge in [0.15, 0.2) is 0 Å². The van der Waals surface area contributed by atoms with E-state index >= 15 is 0 Å².